The summed E-state index contributed by atoms with van der Waals surface area (Å²) in [5.74, 6) is 2.96. The SMILES string of the molecule is COc1ccc(Oc2ccc(C(=O)N[C@@H]3C[C@H]4CCN(C4)C3)cc2)cc1. The molecule has 1 amide bonds. The zero-order chi connectivity index (χ0) is 17.9. The molecule has 2 aliphatic rings. The molecule has 0 spiro atoms. The molecule has 26 heavy (non-hydrogen) atoms. The summed E-state index contributed by atoms with van der Waals surface area (Å²) in [7, 11) is 1.63. The maximum absolute atomic E-state index is 12.5. The van der Waals surface area contributed by atoms with Gasteiger partial charge in [0.2, 0.25) is 0 Å². The lowest BCUT2D eigenvalue weighted by atomic mass is 9.96. The summed E-state index contributed by atoms with van der Waals surface area (Å²) >= 11 is 0. The average molecular weight is 352 g/mol. The molecule has 2 saturated heterocycles. The van der Waals surface area contributed by atoms with E-state index in [-0.39, 0.29) is 11.9 Å². The maximum Gasteiger partial charge on any atom is 0.251 e. The molecule has 1 N–H and O–H groups in total. The van der Waals surface area contributed by atoms with Crippen LogP contribution in [0.1, 0.15) is 23.2 Å². The molecule has 0 saturated carbocycles. The quantitative estimate of drug-likeness (QED) is 0.897. The Bertz CT molecular complexity index is 746. The molecule has 4 rings (SSSR count). The lowest BCUT2D eigenvalue weighted by molar-refractivity contribution is 0.0909. The number of carbonyl (C=O) groups is 1. The van der Waals surface area contributed by atoms with Crippen molar-refractivity contribution in [3.63, 3.8) is 0 Å². The molecule has 5 heteroatoms. The van der Waals surface area contributed by atoms with Crippen molar-refractivity contribution in [3.05, 3.63) is 54.1 Å². The Kier molecular flexibility index (Phi) is 4.80. The fourth-order valence-electron chi connectivity index (χ4n) is 3.89. The number of piperidine rings is 1. The fourth-order valence-corrected chi connectivity index (χ4v) is 3.89. The molecular weight excluding hydrogens is 328 g/mol. The molecule has 2 bridgehead atoms. The predicted molar refractivity (Wildman–Crippen MR) is 99.9 cm³/mol. The van der Waals surface area contributed by atoms with Gasteiger partial charge in [0, 0.05) is 24.7 Å². The molecule has 2 fully saturated rings. The summed E-state index contributed by atoms with van der Waals surface area (Å²) in [5.41, 5.74) is 0.667. The molecule has 2 heterocycles. The minimum Gasteiger partial charge on any atom is -0.497 e. The molecule has 0 aromatic heterocycles. The second-order valence-corrected chi connectivity index (χ2v) is 7.12. The first kappa shape index (κ1) is 16.9. The van der Waals surface area contributed by atoms with E-state index in [1.54, 1.807) is 7.11 Å². The van der Waals surface area contributed by atoms with Gasteiger partial charge in [0.05, 0.1) is 7.11 Å². The lowest BCUT2D eigenvalue weighted by Gasteiger charge is -2.30. The predicted octanol–water partition coefficient (Wildman–Crippen LogP) is 3.31. The Morgan fingerprint density at radius 2 is 1.65 bits per heavy atom. The number of nitrogens with zero attached hydrogens (tertiary/aromatic N) is 1. The Morgan fingerprint density at radius 3 is 2.31 bits per heavy atom. The third kappa shape index (κ3) is 3.83. The first-order valence-corrected chi connectivity index (χ1v) is 9.15. The summed E-state index contributed by atoms with van der Waals surface area (Å²) in [6.45, 7) is 3.35. The number of benzene rings is 2. The fraction of sp³-hybridized carbons (Fsp3) is 0.381. The number of fused-ring (bicyclic) bond motifs is 2. The number of hydrogen-bond acceptors (Lipinski definition) is 4. The third-order valence-electron chi connectivity index (χ3n) is 5.21. The smallest absolute Gasteiger partial charge is 0.251 e. The maximum atomic E-state index is 12.5. The zero-order valence-corrected chi connectivity index (χ0v) is 15.0. The second-order valence-electron chi connectivity index (χ2n) is 7.12. The monoisotopic (exact) mass is 352 g/mol. The average Bonchev–Trinajstić information content (AvgIpc) is 3.01. The number of nitrogens with one attached hydrogen (secondary N) is 1. The number of amides is 1. The lowest BCUT2D eigenvalue weighted by Crippen LogP contribution is -2.46. The standard InChI is InChI=1S/C21H24N2O3/c1-25-18-6-8-20(9-7-18)26-19-4-2-16(3-5-19)21(24)22-17-12-15-10-11-23(13-15)14-17/h2-9,15,17H,10-14H2,1H3,(H,22,24)/t15-,17-/m1/s1. The van der Waals surface area contributed by atoms with Crippen LogP contribution in [0.25, 0.3) is 0 Å². The number of ether oxygens (including phenoxy) is 2. The molecule has 2 aromatic carbocycles. The number of methoxy groups -OCH3 is 1. The van der Waals surface area contributed by atoms with E-state index in [0.29, 0.717) is 11.3 Å². The van der Waals surface area contributed by atoms with Crippen molar-refractivity contribution in [1.82, 2.24) is 10.2 Å². The number of rotatable bonds is 5. The van der Waals surface area contributed by atoms with Crippen LogP contribution in [-0.2, 0) is 0 Å². The van der Waals surface area contributed by atoms with E-state index >= 15 is 0 Å². The van der Waals surface area contributed by atoms with E-state index in [1.165, 1.54) is 19.5 Å². The van der Waals surface area contributed by atoms with Crippen molar-refractivity contribution in [2.24, 2.45) is 5.92 Å². The Hall–Kier alpha value is -2.53. The molecule has 3 atom stereocenters. The summed E-state index contributed by atoms with van der Waals surface area (Å²) in [4.78, 5) is 15.0. The van der Waals surface area contributed by atoms with Crippen LogP contribution >= 0.6 is 0 Å². The summed E-state index contributed by atoms with van der Waals surface area (Å²) < 4.78 is 10.9. The van der Waals surface area contributed by atoms with E-state index in [1.807, 2.05) is 48.5 Å². The van der Waals surface area contributed by atoms with Crippen molar-refractivity contribution in [2.75, 3.05) is 26.7 Å². The van der Waals surface area contributed by atoms with Crippen LogP contribution in [0.15, 0.2) is 48.5 Å². The van der Waals surface area contributed by atoms with Gasteiger partial charge in [-0.2, -0.15) is 0 Å². The van der Waals surface area contributed by atoms with Gasteiger partial charge in [0.25, 0.3) is 5.91 Å². The minimum absolute atomic E-state index is 0.00602. The summed E-state index contributed by atoms with van der Waals surface area (Å²) in [5, 5.41) is 3.18. The van der Waals surface area contributed by atoms with Gasteiger partial charge < -0.3 is 19.7 Å². The van der Waals surface area contributed by atoms with E-state index in [9.17, 15) is 4.79 Å². The van der Waals surface area contributed by atoms with Crippen LogP contribution in [0.4, 0.5) is 0 Å². The topological polar surface area (TPSA) is 50.8 Å². The molecule has 0 radical (unpaired) electrons. The van der Waals surface area contributed by atoms with Gasteiger partial charge in [-0.25, -0.2) is 0 Å². The van der Waals surface area contributed by atoms with Crippen molar-refractivity contribution >= 4 is 5.91 Å². The third-order valence-corrected chi connectivity index (χ3v) is 5.21. The van der Waals surface area contributed by atoms with Gasteiger partial charge in [-0.1, -0.05) is 0 Å². The molecule has 5 nitrogen and oxygen atoms in total. The van der Waals surface area contributed by atoms with Crippen molar-refractivity contribution in [3.8, 4) is 17.2 Å². The van der Waals surface area contributed by atoms with Crippen LogP contribution in [-0.4, -0.2) is 43.6 Å². The van der Waals surface area contributed by atoms with Crippen LogP contribution in [0.2, 0.25) is 0 Å². The van der Waals surface area contributed by atoms with Gasteiger partial charge in [0.1, 0.15) is 17.2 Å². The molecule has 136 valence electrons. The van der Waals surface area contributed by atoms with Crippen LogP contribution in [0.3, 0.4) is 0 Å². The molecule has 1 unspecified atom stereocenters. The van der Waals surface area contributed by atoms with Crippen molar-refractivity contribution in [2.45, 2.75) is 18.9 Å². The summed E-state index contributed by atoms with van der Waals surface area (Å²) in [6, 6.07) is 14.9. The van der Waals surface area contributed by atoms with Crippen LogP contribution in [0.5, 0.6) is 17.2 Å². The molecule has 2 aromatic rings. The highest BCUT2D eigenvalue weighted by molar-refractivity contribution is 5.94. The van der Waals surface area contributed by atoms with E-state index < -0.39 is 0 Å². The zero-order valence-electron chi connectivity index (χ0n) is 15.0. The summed E-state index contributed by atoms with van der Waals surface area (Å²) in [6.07, 6.45) is 2.37. The van der Waals surface area contributed by atoms with Crippen LogP contribution < -0.4 is 14.8 Å². The van der Waals surface area contributed by atoms with Crippen LogP contribution in [0, 0.1) is 5.92 Å². The first-order chi connectivity index (χ1) is 12.7. The largest absolute Gasteiger partial charge is 0.497 e. The second kappa shape index (κ2) is 7.38. The van der Waals surface area contributed by atoms with E-state index in [0.717, 1.165) is 30.4 Å². The molecular formula is C21H24N2O3. The van der Waals surface area contributed by atoms with Gasteiger partial charge in [-0.05, 0) is 73.8 Å². The van der Waals surface area contributed by atoms with Crippen molar-refractivity contribution < 1.29 is 14.3 Å². The highest BCUT2D eigenvalue weighted by atomic mass is 16.5. The normalized spacial score (nSPS) is 24.1. The highest BCUT2D eigenvalue weighted by Crippen LogP contribution is 2.27. The van der Waals surface area contributed by atoms with E-state index in [2.05, 4.69) is 10.2 Å². The van der Waals surface area contributed by atoms with Crippen molar-refractivity contribution in [1.29, 1.82) is 0 Å². The van der Waals surface area contributed by atoms with Gasteiger partial charge in [-0.15, -0.1) is 0 Å². The van der Waals surface area contributed by atoms with Gasteiger partial charge >= 0.3 is 0 Å². The van der Waals surface area contributed by atoms with E-state index in [4.69, 9.17) is 9.47 Å². The van der Waals surface area contributed by atoms with Gasteiger partial charge in [-0.3, -0.25) is 4.79 Å². The number of hydrogen-bond donors (Lipinski definition) is 1. The molecule has 2 aliphatic heterocycles. The Labute approximate surface area is 153 Å². The molecule has 0 aliphatic carbocycles. The first-order valence-electron chi connectivity index (χ1n) is 9.15. The highest BCUT2D eigenvalue weighted by Gasteiger charge is 2.32. The van der Waals surface area contributed by atoms with Gasteiger partial charge in [0.15, 0.2) is 0 Å². The minimum atomic E-state index is -0.00602. The Balaban J connectivity index is 1.35. The Morgan fingerprint density at radius 1 is 1.00 bits per heavy atom. The number of carbonyl (C=O) groups excluding carboxylic acids is 1.